The number of hydrogen-bond acceptors (Lipinski definition) is 6. The fourth-order valence-electron chi connectivity index (χ4n) is 2.60. The number of carbonyl (C=O) groups is 2. The van der Waals surface area contributed by atoms with Gasteiger partial charge in [0, 0.05) is 11.3 Å². The van der Waals surface area contributed by atoms with E-state index in [1.165, 1.54) is 11.8 Å². The number of ether oxygens (including phenoxy) is 1. The van der Waals surface area contributed by atoms with Crippen molar-refractivity contribution in [2.75, 3.05) is 11.1 Å². The first-order valence-corrected chi connectivity index (χ1v) is 10.1. The number of anilines is 1. The average Bonchev–Trinajstić information content (AvgIpc) is 3.15. The number of aromatic amines is 1. The molecule has 0 atom stereocenters. The van der Waals surface area contributed by atoms with Crippen LogP contribution in [0.25, 0.3) is 11.4 Å². The lowest BCUT2D eigenvalue weighted by Crippen LogP contribution is -2.15. The Labute approximate surface area is 173 Å². The van der Waals surface area contributed by atoms with Gasteiger partial charge in [-0.3, -0.25) is 9.89 Å². The molecule has 150 valence electrons. The standard InChI is InChI=1S/C21H22N4O3S/c1-13(2)28-20(27)15-8-6-9-16(11-15)22-18(26)12-29-21-23-19(24-25-21)17-10-5-4-7-14(17)3/h4-11,13H,12H2,1-3H3,(H,22,26)(H,23,24,25). The van der Waals surface area contributed by atoms with Gasteiger partial charge in [-0.2, -0.15) is 0 Å². The first kappa shape index (κ1) is 20.6. The molecule has 0 aliphatic heterocycles. The molecule has 8 heteroatoms. The Morgan fingerprint density at radius 2 is 1.97 bits per heavy atom. The summed E-state index contributed by atoms with van der Waals surface area (Å²) in [5.41, 5.74) is 2.99. The van der Waals surface area contributed by atoms with Crippen molar-refractivity contribution in [1.29, 1.82) is 0 Å². The molecule has 1 heterocycles. The molecular weight excluding hydrogens is 388 g/mol. The van der Waals surface area contributed by atoms with Crippen LogP contribution in [0, 0.1) is 6.92 Å². The van der Waals surface area contributed by atoms with Crippen molar-refractivity contribution in [2.45, 2.75) is 32.0 Å². The number of carbonyl (C=O) groups excluding carboxylic acids is 2. The van der Waals surface area contributed by atoms with E-state index in [4.69, 9.17) is 4.74 Å². The highest BCUT2D eigenvalue weighted by Gasteiger charge is 2.13. The summed E-state index contributed by atoms with van der Waals surface area (Å²) in [6, 6.07) is 14.5. The van der Waals surface area contributed by atoms with Crippen molar-refractivity contribution < 1.29 is 14.3 Å². The van der Waals surface area contributed by atoms with Crippen LogP contribution in [0.3, 0.4) is 0 Å². The van der Waals surface area contributed by atoms with Crippen LogP contribution in [0.4, 0.5) is 5.69 Å². The maximum atomic E-state index is 12.3. The summed E-state index contributed by atoms with van der Waals surface area (Å²) in [6.07, 6.45) is -0.205. The van der Waals surface area contributed by atoms with E-state index in [9.17, 15) is 9.59 Å². The number of amides is 1. The maximum absolute atomic E-state index is 12.3. The zero-order chi connectivity index (χ0) is 20.8. The minimum Gasteiger partial charge on any atom is -0.459 e. The SMILES string of the molecule is Cc1ccccc1-c1nc(SCC(=O)Nc2cccc(C(=O)OC(C)C)c2)n[nH]1. The second-order valence-electron chi connectivity index (χ2n) is 6.65. The van der Waals surface area contributed by atoms with Crippen LogP contribution in [0.15, 0.2) is 53.7 Å². The third-order valence-electron chi connectivity index (χ3n) is 3.92. The Bertz CT molecular complexity index is 1020. The molecule has 7 nitrogen and oxygen atoms in total. The van der Waals surface area contributed by atoms with Crippen molar-refractivity contribution in [3.05, 3.63) is 59.7 Å². The molecule has 0 saturated heterocycles. The number of benzene rings is 2. The molecule has 2 aromatic carbocycles. The molecule has 0 fully saturated rings. The highest BCUT2D eigenvalue weighted by Crippen LogP contribution is 2.22. The number of rotatable bonds is 7. The molecule has 0 bridgehead atoms. The van der Waals surface area contributed by atoms with Gasteiger partial charge in [-0.05, 0) is 44.5 Å². The fourth-order valence-corrected chi connectivity index (χ4v) is 3.20. The maximum Gasteiger partial charge on any atom is 0.338 e. The Hall–Kier alpha value is -3.13. The van der Waals surface area contributed by atoms with Crippen LogP contribution in [0.2, 0.25) is 0 Å². The third-order valence-corrected chi connectivity index (χ3v) is 4.77. The molecular formula is C21H22N4O3S. The molecule has 29 heavy (non-hydrogen) atoms. The van der Waals surface area contributed by atoms with Crippen LogP contribution >= 0.6 is 11.8 Å². The summed E-state index contributed by atoms with van der Waals surface area (Å²) in [6.45, 7) is 5.58. The summed E-state index contributed by atoms with van der Waals surface area (Å²) in [5, 5.41) is 10.3. The number of aryl methyl sites for hydroxylation is 1. The normalized spacial score (nSPS) is 10.8. The number of aromatic nitrogens is 3. The minimum absolute atomic E-state index is 0.145. The van der Waals surface area contributed by atoms with Gasteiger partial charge >= 0.3 is 5.97 Å². The lowest BCUT2D eigenvalue weighted by molar-refractivity contribution is -0.113. The van der Waals surface area contributed by atoms with Crippen molar-refractivity contribution in [3.8, 4) is 11.4 Å². The largest absolute Gasteiger partial charge is 0.459 e. The second-order valence-corrected chi connectivity index (χ2v) is 7.60. The van der Waals surface area contributed by atoms with Crippen molar-refractivity contribution >= 4 is 29.3 Å². The molecule has 0 aliphatic rings. The Morgan fingerprint density at radius 3 is 2.72 bits per heavy atom. The van der Waals surface area contributed by atoms with Gasteiger partial charge in [0.15, 0.2) is 5.82 Å². The number of esters is 1. The number of thioether (sulfide) groups is 1. The summed E-state index contributed by atoms with van der Waals surface area (Å²) in [4.78, 5) is 28.7. The van der Waals surface area contributed by atoms with Gasteiger partial charge in [0.25, 0.3) is 0 Å². The molecule has 2 N–H and O–H groups in total. The smallest absolute Gasteiger partial charge is 0.338 e. The van der Waals surface area contributed by atoms with E-state index in [1.54, 1.807) is 38.1 Å². The minimum atomic E-state index is -0.421. The van der Waals surface area contributed by atoms with Crippen LogP contribution in [-0.4, -0.2) is 38.9 Å². The van der Waals surface area contributed by atoms with E-state index in [1.807, 2.05) is 31.2 Å². The van der Waals surface area contributed by atoms with Crippen molar-refractivity contribution in [1.82, 2.24) is 15.2 Å². The molecule has 0 spiro atoms. The third kappa shape index (κ3) is 5.68. The highest BCUT2D eigenvalue weighted by molar-refractivity contribution is 7.99. The highest BCUT2D eigenvalue weighted by atomic mass is 32.2. The summed E-state index contributed by atoms with van der Waals surface area (Å²) in [5.74, 6) is 0.176. The topological polar surface area (TPSA) is 97.0 Å². The quantitative estimate of drug-likeness (QED) is 0.450. The number of nitrogens with one attached hydrogen (secondary N) is 2. The van der Waals surface area contributed by atoms with Crippen molar-refractivity contribution in [3.63, 3.8) is 0 Å². The molecule has 3 rings (SSSR count). The van der Waals surface area contributed by atoms with Crippen LogP contribution in [-0.2, 0) is 9.53 Å². The number of hydrogen-bond donors (Lipinski definition) is 2. The van der Waals surface area contributed by atoms with Gasteiger partial charge in [-0.15, -0.1) is 5.10 Å². The van der Waals surface area contributed by atoms with E-state index in [0.29, 0.717) is 22.2 Å². The first-order chi connectivity index (χ1) is 13.9. The molecule has 3 aromatic rings. The van der Waals surface area contributed by atoms with Gasteiger partial charge in [-0.1, -0.05) is 42.1 Å². The molecule has 0 aliphatic carbocycles. The summed E-state index contributed by atoms with van der Waals surface area (Å²) < 4.78 is 5.17. The Morgan fingerprint density at radius 1 is 1.17 bits per heavy atom. The van der Waals surface area contributed by atoms with Gasteiger partial charge in [0.2, 0.25) is 11.1 Å². The molecule has 1 amide bonds. The zero-order valence-electron chi connectivity index (χ0n) is 16.4. The predicted octanol–water partition coefficient (Wildman–Crippen LogP) is 4.08. The van der Waals surface area contributed by atoms with E-state index < -0.39 is 5.97 Å². The van der Waals surface area contributed by atoms with Crippen LogP contribution < -0.4 is 5.32 Å². The Kier molecular flexibility index (Phi) is 6.66. The number of nitrogens with zero attached hydrogens (tertiary/aromatic N) is 2. The van der Waals surface area contributed by atoms with E-state index in [0.717, 1.165) is 11.1 Å². The van der Waals surface area contributed by atoms with Crippen molar-refractivity contribution in [2.24, 2.45) is 0 Å². The fraction of sp³-hybridized carbons (Fsp3) is 0.238. The number of H-pyrrole nitrogens is 1. The first-order valence-electron chi connectivity index (χ1n) is 9.14. The van der Waals surface area contributed by atoms with E-state index in [-0.39, 0.29) is 17.8 Å². The van der Waals surface area contributed by atoms with Gasteiger partial charge in [0.05, 0.1) is 17.4 Å². The van der Waals surface area contributed by atoms with Gasteiger partial charge in [0.1, 0.15) is 0 Å². The van der Waals surface area contributed by atoms with E-state index >= 15 is 0 Å². The predicted molar refractivity (Wildman–Crippen MR) is 113 cm³/mol. The average molecular weight is 410 g/mol. The van der Waals surface area contributed by atoms with Crippen LogP contribution in [0.1, 0.15) is 29.8 Å². The molecule has 1 aromatic heterocycles. The zero-order valence-corrected chi connectivity index (χ0v) is 17.2. The second kappa shape index (κ2) is 9.38. The lowest BCUT2D eigenvalue weighted by Gasteiger charge is -2.09. The molecule has 0 radical (unpaired) electrons. The van der Waals surface area contributed by atoms with Gasteiger partial charge < -0.3 is 10.1 Å². The molecule has 0 saturated carbocycles. The van der Waals surface area contributed by atoms with Crippen LogP contribution in [0.5, 0.6) is 0 Å². The van der Waals surface area contributed by atoms with E-state index in [2.05, 4.69) is 20.5 Å². The Balaban J connectivity index is 1.57. The lowest BCUT2D eigenvalue weighted by atomic mass is 10.1. The summed E-state index contributed by atoms with van der Waals surface area (Å²) >= 11 is 1.23. The van der Waals surface area contributed by atoms with Gasteiger partial charge in [-0.25, -0.2) is 9.78 Å². The summed E-state index contributed by atoms with van der Waals surface area (Å²) in [7, 11) is 0. The molecule has 0 unspecified atom stereocenters. The monoisotopic (exact) mass is 410 g/mol.